The van der Waals surface area contributed by atoms with Gasteiger partial charge in [0.15, 0.2) is 0 Å². The third kappa shape index (κ3) is 5.09. The topological polar surface area (TPSA) is 52.6 Å². The van der Waals surface area contributed by atoms with Crippen LogP contribution in [0.1, 0.15) is 38.8 Å². The summed E-state index contributed by atoms with van der Waals surface area (Å²) < 4.78 is 37.4. The highest BCUT2D eigenvalue weighted by atomic mass is 19.3. The van der Waals surface area contributed by atoms with Crippen molar-refractivity contribution in [1.29, 1.82) is 0 Å². The quantitative estimate of drug-likeness (QED) is 0.783. The summed E-state index contributed by atoms with van der Waals surface area (Å²) in [4.78, 5) is 23.0. The number of halogens is 2. The molecule has 0 amide bonds. The lowest BCUT2D eigenvalue weighted by Gasteiger charge is -2.20. The van der Waals surface area contributed by atoms with Crippen LogP contribution in [0.3, 0.4) is 0 Å². The Kier molecular flexibility index (Phi) is 5.63. The van der Waals surface area contributed by atoms with Crippen molar-refractivity contribution in [2.45, 2.75) is 45.6 Å². The number of carbonyl (C=O) groups is 2. The van der Waals surface area contributed by atoms with Crippen LogP contribution >= 0.6 is 0 Å². The highest BCUT2D eigenvalue weighted by molar-refractivity contribution is 5.79. The Balaban J connectivity index is 2.90. The van der Waals surface area contributed by atoms with E-state index < -0.39 is 29.0 Å². The molecule has 22 heavy (non-hydrogen) atoms. The van der Waals surface area contributed by atoms with Gasteiger partial charge in [-0.2, -0.15) is 8.78 Å². The van der Waals surface area contributed by atoms with E-state index in [0.29, 0.717) is 5.56 Å². The lowest BCUT2D eigenvalue weighted by atomic mass is 10.0. The fourth-order valence-electron chi connectivity index (χ4n) is 1.76. The summed E-state index contributed by atoms with van der Waals surface area (Å²) in [5.41, 5.74) is -0.813. The van der Waals surface area contributed by atoms with Crippen molar-refractivity contribution >= 4 is 11.9 Å². The number of benzene rings is 1. The molecule has 0 aromatic heterocycles. The smallest absolute Gasteiger partial charge is 0.381 e. The molecule has 0 N–H and O–H groups in total. The summed E-state index contributed by atoms with van der Waals surface area (Å²) in [6.45, 7) is 6.47. The predicted octanol–water partition coefficient (Wildman–Crippen LogP) is 3.23. The average Bonchev–Trinajstić information content (AvgIpc) is 2.36. The molecule has 6 heteroatoms. The number of rotatable bonds is 5. The second kappa shape index (κ2) is 6.85. The monoisotopic (exact) mass is 314 g/mol. The van der Waals surface area contributed by atoms with Crippen molar-refractivity contribution in [1.82, 2.24) is 0 Å². The normalized spacial score (nSPS) is 11.9. The highest BCUT2D eigenvalue weighted by Gasteiger charge is 2.42. The Hall–Kier alpha value is -1.98. The molecule has 1 aromatic rings. The van der Waals surface area contributed by atoms with Gasteiger partial charge >= 0.3 is 17.9 Å². The lowest BCUT2D eigenvalue weighted by Crippen LogP contribution is -2.28. The molecule has 0 fully saturated rings. The maximum Gasteiger partial charge on any atom is 0.381 e. The van der Waals surface area contributed by atoms with Gasteiger partial charge in [-0.3, -0.25) is 4.79 Å². The van der Waals surface area contributed by atoms with Gasteiger partial charge in [0.2, 0.25) is 0 Å². The largest absolute Gasteiger partial charge is 0.461 e. The molecule has 0 heterocycles. The standard InChI is InChI=1S/C16H20F2O4/c1-5-21-14(20)16(17,18)12-8-6-7-11(9-12)10-13(19)22-15(2,3)4/h6-9H,5,10H2,1-4H3. The first kappa shape index (κ1) is 18.1. The van der Waals surface area contributed by atoms with Gasteiger partial charge in [-0.1, -0.05) is 18.2 Å². The number of hydrogen-bond donors (Lipinski definition) is 0. The Morgan fingerprint density at radius 2 is 1.82 bits per heavy atom. The van der Waals surface area contributed by atoms with Crippen LogP contribution in [0.4, 0.5) is 8.78 Å². The molecule has 0 saturated carbocycles. The number of alkyl halides is 2. The van der Waals surface area contributed by atoms with Gasteiger partial charge in [0.05, 0.1) is 13.0 Å². The molecular weight excluding hydrogens is 294 g/mol. The van der Waals surface area contributed by atoms with E-state index in [1.165, 1.54) is 19.1 Å². The summed E-state index contributed by atoms with van der Waals surface area (Å²) in [5, 5.41) is 0. The highest BCUT2D eigenvalue weighted by Crippen LogP contribution is 2.30. The fraction of sp³-hybridized carbons (Fsp3) is 0.500. The maximum absolute atomic E-state index is 13.9. The molecule has 0 bridgehead atoms. The van der Waals surface area contributed by atoms with Crippen molar-refractivity contribution < 1.29 is 27.8 Å². The minimum Gasteiger partial charge on any atom is -0.461 e. The van der Waals surface area contributed by atoms with E-state index in [0.717, 1.165) is 12.1 Å². The molecule has 0 aliphatic carbocycles. The Morgan fingerprint density at radius 3 is 2.36 bits per heavy atom. The first-order valence-corrected chi connectivity index (χ1v) is 6.92. The minimum absolute atomic E-state index is 0.133. The van der Waals surface area contributed by atoms with E-state index in [-0.39, 0.29) is 13.0 Å². The van der Waals surface area contributed by atoms with E-state index in [4.69, 9.17) is 4.74 Å². The summed E-state index contributed by atoms with van der Waals surface area (Å²) in [6, 6.07) is 5.12. The minimum atomic E-state index is -3.75. The van der Waals surface area contributed by atoms with Gasteiger partial charge in [-0.25, -0.2) is 4.79 Å². The van der Waals surface area contributed by atoms with E-state index in [2.05, 4.69) is 4.74 Å². The van der Waals surface area contributed by atoms with Gasteiger partial charge in [0, 0.05) is 5.56 Å². The zero-order valence-electron chi connectivity index (χ0n) is 13.1. The molecule has 1 aromatic carbocycles. The van der Waals surface area contributed by atoms with Crippen LogP contribution in [0, 0.1) is 0 Å². The molecule has 1 rings (SSSR count). The van der Waals surface area contributed by atoms with Gasteiger partial charge in [-0.15, -0.1) is 0 Å². The van der Waals surface area contributed by atoms with E-state index >= 15 is 0 Å². The van der Waals surface area contributed by atoms with Crippen LogP contribution in [-0.2, 0) is 31.4 Å². The molecule has 0 radical (unpaired) electrons. The van der Waals surface area contributed by atoms with Gasteiger partial charge in [-0.05, 0) is 39.3 Å². The SMILES string of the molecule is CCOC(=O)C(F)(F)c1cccc(CC(=O)OC(C)(C)C)c1. The number of hydrogen-bond acceptors (Lipinski definition) is 4. The summed E-state index contributed by atoms with van der Waals surface area (Å²) in [6.07, 6.45) is -0.149. The second-order valence-electron chi connectivity index (χ2n) is 5.76. The number of carbonyl (C=O) groups excluding carboxylic acids is 2. The van der Waals surface area contributed by atoms with Gasteiger partial charge < -0.3 is 9.47 Å². The number of esters is 2. The first-order chi connectivity index (χ1) is 10.1. The van der Waals surface area contributed by atoms with E-state index in [1.54, 1.807) is 20.8 Å². The third-order valence-corrected chi connectivity index (χ3v) is 2.59. The van der Waals surface area contributed by atoms with Crippen LogP contribution in [0.15, 0.2) is 24.3 Å². The van der Waals surface area contributed by atoms with Crippen LogP contribution in [0.25, 0.3) is 0 Å². The second-order valence-corrected chi connectivity index (χ2v) is 5.76. The lowest BCUT2D eigenvalue weighted by molar-refractivity contribution is -0.173. The average molecular weight is 314 g/mol. The molecule has 0 unspecified atom stereocenters. The molecule has 0 saturated heterocycles. The summed E-state index contributed by atoms with van der Waals surface area (Å²) in [7, 11) is 0. The molecule has 122 valence electrons. The van der Waals surface area contributed by atoms with Crippen LogP contribution < -0.4 is 0 Å². The van der Waals surface area contributed by atoms with Crippen molar-refractivity contribution in [3.8, 4) is 0 Å². The number of ether oxygens (including phenoxy) is 2. The summed E-state index contributed by atoms with van der Waals surface area (Å²) in [5.74, 6) is -5.88. The maximum atomic E-state index is 13.9. The molecule has 4 nitrogen and oxygen atoms in total. The van der Waals surface area contributed by atoms with Crippen molar-refractivity contribution in [2.24, 2.45) is 0 Å². The van der Waals surface area contributed by atoms with Gasteiger partial charge in [0.25, 0.3) is 0 Å². The molecule has 0 aliphatic heterocycles. The third-order valence-electron chi connectivity index (χ3n) is 2.59. The van der Waals surface area contributed by atoms with Crippen molar-refractivity contribution in [2.75, 3.05) is 6.61 Å². The van der Waals surface area contributed by atoms with Crippen molar-refractivity contribution in [3.05, 3.63) is 35.4 Å². The molecule has 0 aliphatic rings. The molecule has 0 atom stereocenters. The van der Waals surface area contributed by atoms with Crippen LogP contribution in [-0.4, -0.2) is 24.1 Å². The Morgan fingerprint density at radius 1 is 1.18 bits per heavy atom. The molecular formula is C16H20F2O4. The van der Waals surface area contributed by atoms with E-state index in [1.807, 2.05) is 0 Å². The molecule has 0 spiro atoms. The van der Waals surface area contributed by atoms with E-state index in [9.17, 15) is 18.4 Å². The Bertz CT molecular complexity index is 547. The Labute approximate surface area is 128 Å². The fourth-order valence-corrected chi connectivity index (χ4v) is 1.76. The van der Waals surface area contributed by atoms with Crippen molar-refractivity contribution in [3.63, 3.8) is 0 Å². The zero-order chi connectivity index (χ0) is 17.0. The van der Waals surface area contributed by atoms with Gasteiger partial charge in [0.1, 0.15) is 5.60 Å². The summed E-state index contributed by atoms with van der Waals surface area (Å²) >= 11 is 0. The predicted molar refractivity (Wildman–Crippen MR) is 76.5 cm³/mol. The first-order valence-electron chi connectivity index (χ1n) is 6.92. The van der Waals surface area contributed by atoms with Crippen LogP contribution in [0.5, 0.6) is 0 Å². The van der Waals surface area contributed by atoms with Crippen LogP contribution in [0.2, 0.25) is 0 Å². The zero-order valence-corrected chi connectivity index (χ0v) is 13.1.